The Kier molecular flexibility index (Phi) is 9.62. The summed E-state index contributed by atoms with van der Waals surface area (Å²) in [4.78, 5) is 40.2. The first-order valence-corrected chi connectivity index (χ1v) is 12.9. The van der Waals surface area contributed by atoms with Gasteiger partial charge in [0, 0.05) is 47.6 Å². The van der Waals surface area contributed by atoms with Crippen LogP contribution in [0.2, 0.25) is 0 Å². The van der Waals surface area contributed by atoms with Crippen molar-refractivity contribution in [1.82, 2.24) is 16.0 Å². The number of nitrogens with zero attached hydrogens (tertiary/aromatic N) is 1. The zero-order valence-corrected chi connectivity index (χ0v) is 22.8. The Balaban J connectivity index is 1.51. The lowest BCUT2D eigenvalue weighted by atomic mass is 9.93. The van der Waals surface area contributed by atoms with Crippen molar-refractivity contribution in [2.45, 2.75) is 45.0 Å². The highest BCUT2D eigenvalue weighted by Gasteiger charge is 2.31. The number of allylic oxidation sites excluding steroid dienone is 2. The number of amides is 2. The summed E-state index contributed by atoms with van der Waals surface area (Å²) in [5, 5.41) is 12.1. The van der Waals surface area contributed by atoms with Gasteiger partial charge in [0.05, 0.1) is 13.2 Å². The fourth-order valence-electron chi connectivity index (χ4n) is 3.85. The highest BCUT2D eigenvalue weighted by atomic mass is 35.5. The maximum absolute atomic E-state index is 12.7. The molecule has 0 aromatic heterocycles. The summed E-state index contributed by atoms with van der Waals surface area (Å²) in [5.74, 6) is -0.548. The molecule has 2 amide bonds. The molecule has 0 radical (unpaired) electrons. The second-order valence-electron chi connectivity index (χ2n) is 9.80. The molecule has 0 spiro atoms. The molecule has 0 saturated carbocycles. The average molecular weight is 550 g/mol. The topological polar surface area (TPSA) is 121 Å². The normalized spacial score (nSPS) is 20.4. The van der Waals surface area contributed by atoms with Gasteiger partial charge in [-0.25, -0.2) is 0 Å². The van der Waals surface area contributed by atoms with Crippen LogP contribution in [-0.2, 0) is 14.3 Å². The van der Waals surface area contributed by atoms with E-state index in [2.05, 4.69) is 40.1 Å². The molecule has 1 aliphatic heterocycles. The van der Waals surface area contributed by atoms with Gasteiger partial charge >= 0.3 is 5.97 Å². The van der Waals surface area contributed by atoms with Gasteiger partial charge in [0.15, 0.2) is 5.96 Å². The van der Waals surface area contributed by atoms with Crippen LogP contribution in [0, 0.1) is 5.41 Å². The minimum absolute atomic E-state index is 0.0916. The number of carbonyl (C=O) groups excluding carboxylic acids is 3. The van der Waals surface area contributed by atoms with E-state index in [9.17, 15) is 14.4 Å². The molecule has 0 saturated heterocycles. The molecule has 2 aliphatic rings. The van der Waals surface area contributed by atoms with Gasteiger partial charge in [-0.3, -0.25) is 19.4 Å². The minimum atomic E-state index is -1.26. The van der Waals surface area contributed by atoms with E-state index in [0.29, 0.717) is 41.8 Å². The van der Waals surface area contributed by atoms with Gasteiger partial charge in [0.2, 0.25) is 5.91 Å². The van der Waals surface area contributed by atoms with Crippen molar-refractivity contribution in [3.05, 3.63) is 52.6 Å². The molecule has 11 heteroatoms. The van der Waals surface area contributed by atoms with E-state index in [4.69, 9.17) is 27.9 Å². The predicted octanol–water partition coefficient (Wildman–Crippen LogP) is 3.66. The average Bonchev–Trinajstić information content (AvgIpc) is 2.82. The van der Waals surface area contributed by atoms with E-state index >= 15 is 0 Å². The van der Waals surface area contributed by atoms with E-state index in [0.717, 1.165) is 12.1 Å². The van der Waals surface area contributed by atoms with Gasteiger partial charge in [-0.1, -0.05) is 48.7 Å². The monoisotopic (exact) mass is 549 g/mol. The second kappa shape index (κ2) is 12.5. The number of ether oxygens (including phenoxy) is 1. The SMILES string of the molecule is CCOC(=O)CCC1=CC(Cl)=CC(Cl)(NC(=O)CNC(=O)c2cccc(NC3=NCC(C)(C)CN3)c2)C1. The summed E-state index contributed by atoms with van der Waals surface area (Å²) in [6.07, 6.45) is 4.13. The Morgan fingerprint density at radius 2 is 2.03 bits per heavy atom. The third kappa shape index (κ3) is 9.09. The molecular formula is C26H33Cl2N5O4. The van der Waals surface area contributed by atoms with Gasteiger partial charge in [-0.05, 0) is 43.7 Å². The molecule has 1 atom stereocenters. The number of hydrogen-bond acceptors (Lipinski definition) is 7. The van der Waals surface area contributed by atoms with Gasteiger partial charge in [0.1, 0.15) is 5.00 Å². The predicted molar refractivity (Wildman–Crippen MR) is 146 cm³/mol. The second-order valence-corrected chi connectivity index (χ2v) is 10.9. The molecule has 9 nitrogen and oxygen atoms in total. The van der Waals surface area contributed by atoms with Crippen molar-refractivity contribution in [2.24, 2.45) is 10.4 Å². The Morgan fingerprint density at radius 3 is 2.73 bits per heavy atom. The fraction of sp³-hybridized carbons (Fsp3) is 0.462. The quantitative estimate of drug-likeness (QED) is 0.212. The number of esters is 1. The van der Waals surface area contributed by atoms with Gasteiger partial charge < -0.3 is 26.0 Å². The molecular weight excluding hydrogens is 517 g/mol. The van der Waals surface area contributed by atoms with Gasteiger partial charge in [0.25, 0.3) is 5.91 Å². The summed E-state index contributed by atoms with van der Waals surface area (Å²) < 4.78 is 4.95. The van der Waals surface area contributed by atoms with E-state index < -0.39 is 16.8 Å². The van der Waals surface area contributed by atoms with Crippen molar-refractivity contribution in [2.75, 3.05) is 31.6 Å². The van der Waals surface area contributed by atoms with E-state index in [-0.39, 0.29) is 30.8 Å². The maximum Gasteiger partial charge on any atom is 0.306 e. The van der Waals surface area contributed by atoms with E-state index in [1.54, 1.807) is 31.2 Å². The first-order valence-electron chi connectivity index (χ1n) is 12.1. The first-order chi connectivity index (χ1) is 17.5. The van der Waals surface area contributed by atoms with Crippen molar-refractivity contribution < 1.29 is 19.1 Å². The zero-order valence-electron chi connectivity index (χ0n) is 21.2. The summed E-state index contributed by atoms with van der Waals surface area (Å²) in [7, 11) is 0. The number of aliphatic imine (C=N–C) groups is 1. The molecule has 200 valence electrons. The molecule has 1 aliphatic carbocycles. The number of alkyl halides is 1. The van der Waals surface area contributed by atoms with Gasteiger partial charge in [-0.2, -0.15) is 0 Å². The zero-order chi connectivity index (χ0) is 27.1. The summed E-state index contributed by atoms with van der Waals surface area (Å²) in [6, 6.07) is 6.92. The van der Waals surface area contributed by atoms with Crippen LogP contribution in [0.15, 0.2) is 52.0 Å². The smallest absolute Gasteiger partial charge is 0.306 e. The van der Waals surface area contributed by atoms with Crippen LogP contribution in [0.5, 0.6) is 0 Å². The standard InChI is InChI=1S/C26H33Cl2N5O4/c1-4-37-22(35)9-8-17-10-19(27)13-26(28,12-17)33-21(34)14-29-23(36)18-6-5-7-20(11-18)32-24-30-15-25(2,3)16-31-24/h5-7,10-11,13H,4,8-9,12,14-16H2,1-3H3,(H,29,36)(H,33,34)(H2,30,31,32). The number of benzene rings is 1. The first kappa shape index (κ1) is 28.5. The van der Waals surface area contributed by atoms with Crippen LogP contribution in [-0.4, -0.2) is 55.0 Å². The van der Waals surface area contributed by atoms with E-state index in [1.807, 2.05) is 6.07 Å². The Bertz CT molecular complexity index is 1130. The lowest BCUT2D eigenvalue weighted by molar-refractivity contribution is -0.143. The Hall–Kier alpha value is -3.04. The number of guanidine groups is 1. The highest BCUT2D eigenvalue weighted by Crippen LogP contribution is 2.33. The van der Waals surface area contributed by atoms with Crippen molar-refractivity contribution in [3.63, 3.8) is 0 Å². The molecule has 3 rings (SSSR count). The summed E-state index contributed by atoms with van der Waals surface area (Å²) in [5.41, 5.74) is 1.99. The van der Waals surface area contributed by atoms with Crippen molar-refractivity contribution in [1.29, 1.82) is 0 Å². The van der Waals surface area contributed by atoms with Crippen LogP contribution in [0.4, 0.5) is 5.69 Å². The van der Waals surface area contributed by atoms with Crippen LogP contribution >= 0.6 is 23.2 Å². The fourth-order valence-corrected chi connectivity index (χ4v) is 4.64. The van der Waals surface area contributed by atoms with E-state index in [1.165, 1.54) is 6.08 Å². The molecule has 0 bridgehead atoms. The van der Waals surface area contributed by atoms with Crippen LogP contribution < -0.4 is 21.3 Å². The summed E-state index contributed by atoms with van der Waals surface area (Å²) >= 11 is 12.8. The van der Waals surface area contributed by atoms with Crippen molar-refractivity contribution in [3.8, 4) is 0 Å². The lowest BCUT2D eigenvalue weighted by Gasteiger charge is -2.29. The molecule has 4 N–H and O–H groups in total. The third-order valence-corrected chi connectivity index (χ3v) is 6.25. The van der Waals surface area contributed by atoms with Crippen LogP contribution in [0.1, 0.15) is 50.4 Å². The maximum atomic E-state index is 12.7. The highest BCUT2D eigenvalue weighted by molar-refractivity contribution is 6.33. The molecule has 0 fully saturated rings. The van der Waals surface area contributed by atoms with Gasteiger partial charge in [-0.15, -0.1) is 0 Å². The molecule has 1 unspecified atom stereocenters. The Labute approximate surface area is 227 Å². The molecule has 1 aromatic rings. The minimum Gasteiger partial charge on any atom is -0.466 e. The van der Waals surface area contributed by atoms with Crippen molar-refractivity contribution >= 4 is 52.6 Å². The summed E-state index contributed by atoms with van der Waals surface area (Å²) in [6.45, 7) is 7.53. The molecule has 37 heavy (non-hydrogen) atoms. The number of rotatable bonds is 9. The number of carbonyl (C=O) groups is 3. The number of anilines is 1. The number of nitrogens with one attached hydrogen (secondary N) is 4. The third-order valence-electron chi connectivity index (χ3n) is 5.69. The molecule has 1 aromatic carbocycles. The number of halogens is 2. The van der Waals surface area contributed by atoms with Crippen LogP contribution in [0.25, 0.3) is 0 Å². The van der Waals surface area contributed by atoms with Crippen LogP contribution in [0.3, 0.4) is 0 Å². The Morgan fingerprint density at radius 1 is 1.24 bits per heavy atom. The largest absolute Gasteiger partial charge is 0.466 e. The number of hydrogen-bond donors (Lipinski definition) is 4. The lowest BCUT2D eigenvalue weighted by Crippen LogP contribution is -2.47. The molecule has 1 heterocycles.